The molecule has 0 amide bonds. The van der Waals surface area contributed by atoms with E-state index in [2.05, 4.69) is 5.10 Å². The van der Waals surface area contributed by atoms with E-state index in [9.17, 15) is 9.59 Å². The summed E-state index contributed by atoms with van der Waals surface area (Å²) in [6, 6.07) is 15.9. The number of halogens is 2. The van der Waals surface area contributed by atoms with Crippen LogP contribution in [0.4, 0.5) is 0 Å². The summed E-state index contributed by atoms with van der Waals surface area (Å²) in [7, 11) is 0. The lowest BCUT2D eigenvalue weighted by Gasteiger charge is -2.21. The maximum absolute atomic E-state index is 11.8. The number of nitrogens with zero attached hydrogens (tertiary/aromatic N) is 2. The van der Waals surface area contributed by atoms with Crippen LogP contribution in [0.2, 0.25) is 0 Å². The molecule has 1 aromatic heterocycles. The lowest BCUT2D eigenvalue weighted by atomic mass is 10.0. The molecule has 0 spiro atoms. The minimum absolute atomic E-state index is 0.258. The third-order valence-electron chi connectivity index (χ3n) is 4.47. The van der Waals surface area contributed by atoms with Gasteiger partial charge in [-0.05, 0) is 29.8 Å². The standard InChI is InChI=1S/C21H16Cl2N2O5/c22-11-20(26)28-15-6-3-5-13(8-15)17-10-16(24-25(17)30-21(27)12-23)19-9-14-4-1-2-7-18(14)29-19/h1-9,17H,10-12H2. The highest BCUT2D eigenvalue weighted by molar-refractivity contribution is 6.26. The lowest BCUT2D eigenvalue weighted by Crippen LogP contribution is -2.24. The number of ether oxygens (including phenoxy) is 1. The molecular formula is C21H16Cl2N2O5. The first-order valence-electron chi connectivity index (χ1n) is 9.06. The van der Waals surface area contributed by atoms with Crippen LogP contribution in [-0.2, 0) is 14.4 Å². The fourth-order valence-electron chi connectivity index (χ4n) is 3.17. The van der Waals surface area contributed by atoms with Gasteiger partial charge in [0, 0.05) is 11.8 Å². The average molecular weight is 447 g/mol. The molecule has 154 valence electrons. The van der Waals surface area contributed by atoms with Crippen molar-refractivity contribution in [1.29, 1.82) is 0 Å². The molecule has 0 radical (unpaired) electrons. The van der Waals surface area contributed by atoms with Gasteiger partial charge in [0.05, 0.1) is 0 Å². The molecule has 9 heteroatoms. The Kier molecular flexibility index (Phi) is 5.92. The number of hydrazone groups is 1. The predicted octanol–water partition coefficient (Wildman–Crippen LogP) is 4.43. The molecule has 1 aliphatic heterocycles. The minimum Gasteiger partial charge on any atom is -0.455 e. The maximum atomic E-state index is 11.8. The summed E-state index contributed by atoms with van der Waals surface area (Å²) in [5, 5.41) is 6.58. The van der Waals surface area contributed by atoms with Crippen LogP contribution in [0.1, 0.15) is 23.8 Å². The van der Waals surface area contributed by atoms with E-state index in [0.29, 0.717) is 23.6 Å². The van der Waals surface area contributed by atoms with Crippen LogP contribution in [0.3, 0.4) is 0 Å². The Hall–Kier alpha value is -3.03. The first-order valence-corrected chi connectivity index (χ1v) is 10.1. The van der Waals surface area contributed by atoms with E-state index in [1.807, 2.05) is 36.4 Å². The summed E-state index contributed by atoms with van der Waals surface area (Å²) in [6.07, 6.45) is 0.405. The van der Waals surface area contributed by atoms with Gasteiger partial charge in [-0.25, -0.2) is 4.79 Å². The van der Waals surface area contributed by atoms with Gasteiger partial charge in [-0.2, -0.15) is 0 Å². The molecule has 0 fully saturated rings. The third-order valence-corrected chi connectivity index (χ3v) is 4.91. The summed E-state index contributed by atoms with van der Waals surface area (Å²) in [4.78, 5) is 28.6. The van der Waals surface area contributed by atoms with Gasteiger partial charge in [-0.15, -0.1) is 33.5 Å². The fourth-order valence-corrected chi connectivity index (χ4v) is 3.27. The predicted molar refractivity (Wildman–Crippen MR) is 112 cm³/mol. The average Bonchev–Trinajstić information content (AvgIpc) is 3.37. The Bertz CT molecular complexity index is 1090. The van der Waals surface area contributed by atoms with Crippen molar-refractivity contribution in [2.45, 2.75) is 12.5 Å². The van der Waals surface area contributed by atoms with E-state index in [1.54, 1.807) is 18.2 Å². The van der Waals surface area contributed by atoms with Gasteiger partial charge in [0.25, 0.3) is 0 Å². The zero-order valence-electron chi connectivity index (χ0n) is 15.6. The van der Waals surface area contributed by atoms with Crippen molar-refractivity contribution in [3.05, 3.63) is 65.9 Å². The molecule has 0 N–H and O–H groups in total. The van der Waals surface area contributed by atoms with Crippen LogP contribution in [0.15, 0.2) is 64.1 Å². The van der Waals surface area contributed by atoms with Crippen molar-refractivity contribution in [1.82, 2.24) is 5.17 Å². The molecule has 7 nitrogen and oxygen atoms in total. The molecule has 0 saturated carbocycles. The van der Waals surface area contributed by atoms with Crippen molar-refractivity contribution < 1.29 is 23.6 Å². The smallest absolute Gasteiger partial charge is 0.349 e. The second-order valence-electron chi connectivity index (χ2n) is 6.49. The number of alkyl halides is 2. The highest BCUT2D eigenvalue weighted by Crippen LogP contribution is 2.35. The Morgan fingerprint density at radius 1 is 1.07 bits per heavy atom. The second-order valence-corrected chi connectivity index (χ2v) is 7.03. The normalized spacial score (nSPS) is 15.9. The van der Waals surface area contributed by atoms with E-state index >= 15 is 0 Å². The number of para-hydroxylation sites is 1. The second kappa shape index (κ2) is 8.77. The number of benzene rings is 2. The van der Waals surface area contributed by atoms with Crippen molar-refractivity contribution >= 4 is 51.8 Å². The number of fused-ring (bicyclic) bond motifs is 1. The Balaban J connectivity index is 1.64. The number of furan rings is 1. The van der Waals surface area contributed by atoms with Crippen LogP contribution < -0.4 is 4.74 Å². The Morgan fingerprint density at radius 2 is 1.87 bits per heavy atom. The largest absolute Gasteiger partial charge is 0.455 e. The molecule has 3 aromatic rings. The fraction of sp³-hybridized carbons (Fsp3) is 0.190. The van der Waals surface area contributed by atoms with Crippen molar-refractivity contribution in [2.24, 2.45) is 5.10 Å². The zero-order chi connectivity index (χ0) is 21.1. The summed E-state index contributed by atoms with van der Waals surface area (Å²) in [6.45, 7) is 0. The number of esters is 1. The molecule has 2 aromatic carbocycles. The van der Waals surface area contributed by atoms with Gasteiger partial charge in [0.2, 0.25) is 0 Å². The summed E-state index contributed by atoms with van der Waals surface area (Å²) in [5.74, 6) is -0.862. The molecule has 0 saturated heterocycles. The minimum atomic E-state index is -0.638. The van der Waals surface area contributed by atoms with Crippen LogP contribution in [-0.4, -0.2) is 34.6 Å². The molecule has 1 atom stereocenters. The monoisotopic (exact) mass is 446 g/mol. The highest BCUT2D eigenvalue weighted by atomic mass is 35.5. The zero-order valence-corrected chi connectivity index (χ0v) is 17.1. The maximum Gasteiger partial charge on any atom is 0.349 e. The topological polar surface area (TPSA) is 81.3 Å². The molecule has 1 unspecified atom stereocenters. The Labute approximate surface area is 181 Å². The van der Waals surface area contributed by atoms with Gasteiger partial charge in [-0.1, -0.05) is 30.3 Å². The van der Waals surface area contributed by atoms with E-state index in [0.717, 1.165) is 16.5 Å². The van der Waals surface area contributed by atoms with Crippen molar-refractivity contribution in [3.8, 4) is 5.75 Å². The lowest BCUT2D eigenvalue weighted by molar-refractivity contribution is -0.196. The van der Waals surface area contributed by atoms with Gasteiger partial charge in [0.15, 0.2) is 5.76 Å². The molecular weight excluding hydrogens is 431 g/mol. The number of carbonyl (C=O) groups excluding carboxylic acids is 2. The van der Waals surface area contributed by atoms with Crippen LogP contribution >= 0.6 is 23.2 Å². The van der Waals surface area contributed by atoms with Crippen LogP contribution in [0.25, 0.3) is 11.0 Å². The molecule has 30 heavy (non-hydrogen) atoms. The SMILES string of the molecule is O=C(CCl)Oc1cccc(C2CC(c3cc4ccccc4o3)=NN2OC(=O)CCl)c1. The summed E-state index contributed by atoms with van der Waals surface area (Å²) < 4.78 is 11.1. The van der Waals surface area contributed by atoms with E-state index < -0.39 is 18.0 Å². The van der Waals surface area contributed by atoms with Crippen molar-refractivity contribution in [3.63, 3.8) is 0 Å². The highest BCUT2D eigenvalue weighted by Gasteiger charge is 2.33. The quantitative estimate of drug-likeness (QED) is 0.316. The molecule has 1 aliphatic rings. The van der Waals surface area contributed by atoms with Gasteiger partial charge >= 0.3 is 11.9 Å². The van der Waals surface area contributed by atoms with Crippen LogP contribution in [0, 0.1) is 0 Å². The Morgan fingerprint density at radius 3 is 2.63 bits per heavy atom. The number of carbonyl (C=O) groups is 2. The number of rotatable bonds is 6. The number of hydroxylamine groups is 1. The van der Waals surface area contributed by atoms with Crippen molar-refractivity contribution in [2.75, 3.05) is 11.8 Å². The van der Waals surface area contributed by atoms with Gasteiger partial charge < -0.3 is 14.0 Å². The van der Waals surface area contributed by atoms with Gasteiger partial charge in [0.1, 0.15) is 34.8 Å². The summed E-state index contributed by atoms with van der Waals surface area (Å²) in [5.41, 5.74) is 2.08. The number of hydrogen-bond acceptors (Lipinski definition) is 7. The first kappa shape index (κ1) is 20.3. The molecule has 4 rings (SSSR count). The molecule has 2 heterocycles. The first-order chi connectivity index (χ1) is 14.6. The third kappa shape index (κ3) is 4.27. The van der Waals surface area contributed by atoms with Gasteiger partial charge in [-0.3, -0.25) is 4.79 Å². The number of hydrogen-bond donors (Lipinski definition) is 0. The van der Waals surface area contributed by atoms with Crippen LogP contribution in [0.5, 0.6) is 5.75 Å². The van der Waals surface area contributed by atoms with E-state index in [-0.39, 0.29) is 11.8 Å². The molecule has 0 bridgehead atoms. The van der Waals surface area contributed by atoms with E-state index in [4.69, 9.17) is 37.2 Å². The summed E-state index contributed by atoms with van der Waals surface area (Å²) >= 11 is 11.1. The van der Waals surface area contributed by atoms with E-state index in [1.165, 1.54) is 5.17 Å². The molecule has 0 aliphatic carbocycles.